The van der Waals surface area contributed by atoms with E-state index < -0.39 is 0 Å². The monoisotopic (exact) mass is 423 g/mol. The number of hydrogen-bond donors (Lipinski definition) is 1. The van der Waals surface area contributed by atoms with E-state index in [1.165, 1.54) is 12.1 Å². The Morgan fingerprint density at radius 1 is 1.16 bits per heavy atom. The maximum Gasteiger partial charge on any atom is 0.269 e. The fourth-order valence-electron chi connectivity index (χ4n) is 4.25. The van der Waals surface area contributed by atoms with Crippen molar-refractivity contribution in [2.75, 3.05) is 7.05 Å². The molecule has 0 atom stereocenters. The zero-order chi connectivity index (χ0) is 22.0. The van der Waals surface area contributed by atoms with E-state index in [9.17, 15) is 9.18 Å². The third-order valence-corrected chi connectivity index (χ3v) is 5.74. The van der Waals surface area contributed by atoms with Gasteiger partial charge in [0.05, 0.1) is 22.7 Å². The zero-order valence-corrected chi connectivity index (χ0v) is 18.0. The van der Waals surface area contributed by atoms with E-state index in [0.717, 1.165) is 43.2 Å². The summed E-state index contributed by atoms with van der Waals surface area (Å²) in [6.45, 7) is 3.69. The molecule has 0 unspecified atom stereocenters. The SMILES string of the molecule is CNC(=O)c1ccnc(CC2CCC(Oc3cc(F)cc4nc(C)nc(C)c34)CC2)n1. The van der Waals surface area contributed by atoms with Crippen molar-refractivity contribution in [3.05, 3.63) is 53.2 Å². The second-order valence-corrected chi connectivity index (χ2v) is 8.06. The van der Waals surface area contributed by atoms with E-state index in [0.29, 0.717) is 34.5 Å². The standard InChI is InChI=1S/C23H26FN5O2/c1-13-22-19(28-14(2)27-13)11-16(24)12-20(22)31-17-6-4-15(5-7-17)10-21-26-9-8-18(29-21)23(30)25-3/h8-9,11-12,15,17H,4-7,10H2,1-3H3,(H,25,30). The Morgan fingerprint density at radius 2 is 1.94 bits per heavy atom. The lowest BCUT2D eigenvalue weighted by Crippen LogP contribution is -2.26. The van der Waals surface area contributed by atoms with Gasteiger partial charge in [-0.15, -0.1) is 0 Å². The molecular weight excluding hydrogens is 397 g/mol. The zero-order valence-electron chi connectivity index (χ0n) is 18.0. The number of benzene rings is 1. The summed E-state index contributed by atoms with van der Waals surface area (Å²) in [6, 6.07) is 4.47. The average molecular weight is 423 g/mol. The fraction of sp³-hybridized carbons (Fsp3) is 0.435. The van der Waals surface area contributed by atoms with Crippen molar-refractivity contribution < 1.29 is 13.9 Å². The highest BCUT2D eigenvalue weighted by atomic mass is 19.1. The van der Waals surface area contributed by atoms with Crippen LogP contribution in [-0.4, -0.2) is 39.0 Å². The first-order valence-electron chi connectivity index (χ1n) is 10.6. The van der Waals surface area contributed by atoms with E-state index in [4.69, 9.17) is 4.74 Å². The highest BCUT2D eigenvalue weighted by Gasteiger charge is 2.25. The second-order valence-electron chi connectivity index (χ2n) is 8.06. The molecule has 1 aliphatic rings. The number of halogens is 1. The molecule has 1 N–H and O–H groups in total. The maximum atomic E-state index is 14.2. The normalized spacial score (nSPS) is 18.7. The van der Waals surface area contributed by atoms with Crippen LogP contribution in [0.15, 0.2) is 24.4 Å². The summed E-state index contributed by atoms with van der Waals surface area (Å²) in [7, 11) is 1.59. The molecule has 1 fully saturated rings. The molecule has 0 bridgehead atoms. The minimum absolute atomic E-state index is 0.0140. The number of amides is 1. The predicted octanol–water partition coefficient (Wildman–Crippen LogP) is 3.72. The molecule has 0 radical (unpaired) electrons. The molecule has 7 nitrogen and oxygen atoms in total. The van der Waals surface area contributed by atoms with Crippen LogP contribution in [0.4, 0.5) is 4.39 Å². The van der Waals surface area contributed by atoms with Crippen molar-refractivity contribution in [1.82, 2.24) is 25.3 Å². The average Bonchev–Trinajstić information content (AvgIpc) is 2.74. The lowest BCUT2D eigenvalue weighted by molar-refractivity contribution is 0.0957. The summed E-state index contributed by atoms with van der Waals surface area (Å²) < 4.78 is 20.4. The Balaban J connectivity index is 1.42. The van der Waals surface area contributed by atoms with Gasteiger partial charge < -0.3 is 10.1 Å². The number of nitrogens with one attached hydrogen (secondary N) is 1. The summed E-state index contributed by atoms with van der Waals surface area (Å²) >= 11 is 0. The number of nitrogens with zero attached hydrogens (tertiary/aromatic N) is 4. The van der Waals surface area contributed by atoms with Gasteiger partial charge >= 0.3 is 0 Å². The van der Waals surface area contributed by atoms with Crippen molar-refractivity contribution in [1.29, 1.82) is 0 Å². The molecule has 3 aromatic rings. The quantitative estimate of drug-likeness (QED) is 0.673. The second kappa shape index (κ2) is 8.91. The molecule has 2 heterocycles. The predicted molar refractivity (Wildman–Crippen MR) is 114 cm³/mol. The molecular formula is C23H26FN5O2. The first kappa shape index (κ1) is 21.1. The number of fused-ring (bicyclic) bond motifs is 1. The molecule has 1 amide bonds. The molecule has 1 aliphatic carbocycles. The number of ether oxygens (including phenoxy) is 1. The molecule has 162 valence electrons. The number of hydrogen-bond acceptors (Lipinski definition) is 6. The van der Waals surface area contributed by atoms with Gasteiger partial charge in [0.25, 0.3) is 5.91 Å². The smallest absolute Gasteiger partial charge is 0.269 e. The van der Waals surface area contributed by atoms with Crippen LogP contribution >= 0.6 is 0 Å². The van der Waals surface area contributed by atoms with Crippen molar-refractivity contribution in [3.63, 3.8) is 0 Å². The van der Waals surface area contributed by atoms with Crippen LogP contribution in [0.5, 0.6) is 5.75 Å². The van der Waals surface area contributed by atoms with Crippen molar-refractivity contribution in [2.45, 2.75) is 52.1 Å². The van der Waals surface area contributed by atoms with E-state index in [-0.39, 0.29) is 17.8 Å². The van der Waals surface area contributed by atoms with E-state index >= 15 is 0 Å². The largest absolute Gasteiger partial charge is 0.490 e. The minimum Gasteiger partial charge on any atom is -0.490 e. The van der Waals surface area contributed by atoms with Gasteiger partial charge in [-0.05, 0) is 51.5 Å². The third-order valence-electron chi connectivity index (χ3n) is 5.74. The fourth-order valence-corrected chi connectivity index (χ4v) is 4.25. The van der Waals surface area contributed by atoms with E-state index in [1.54, 1.807) is 26.2 Å². The summed E-state index contributed by atoms with van der Waals surface area (Å²) in [5.74, 6) is 1.67. The molecule has 0 saturated heterocycles. The van der Waals surface area contributed by atoms with Gasteiger partial charge in [-0.1, -0.05) is 0 Å². The van der Waals surface area contributed by atoms with Gasteiger partial charge in [0.2, 0.25) is 0 Å². The van der Waals surface area contributed by atoms with Gasteiger partial charge in [-0.2, -0.15) is 0 Å². The summed E-state index contributed by atoms with van der Waals surface area (Å²) in [5.41, 5.74) is 1.75. The first-order chi connectivity index (χ1) is 14.9. The van der Waals surface area contributed by atoms with Gasteiger partial charge in [0.1, 0.15) is 28.9 Å². The lowest BCUT2D eigenvalue weighted by atomic mass is 9.85. The van der Waals surface area contributed by atoms with Crippen LogP contribution in [0.25, 0.3) is 10.9 Å². The highest BCUT2D eigenvalue weighted by Crippen LogP contribution is 2.33. The molecule has 2 aromatic heterocycles. The minimum atomic E-state index is -0.359. The maximum absolute atomic E-state index is 14.2. The van der Waals surface area contributed by atoms with Crippen LogP contribution in [0.3, 0.4) is 0 Å². The van der Waals surface area contributed by atoms with E-state index in [2.05, 4.69) is 25.3 Å². The molecule has 4 rings (SSSR count). The Morgan fingerprint density at radius 3 is 2.68 bits per heavy atom. The summed E-state index contributed by atoms with van der Waals surface area (Å²) in [5, 5.41) is 3.36. The van der Waals surface area contributed by atoms with Crippen LogP contribution in [-0.2, 0) is 6.42 Å². The van der Waals surface area contributed by atoms with Crippen molar-refractivity contribution in [3.8, 4) is 5.75 Å². The Hall–Kier alpha value is -3.16. The molecule has 8 heteroatoms. The highest BCUT2D eigenvalue weighted by molar-refractivity contribution is 5.91. The van der Waals surface area contributed by atoms with Crippen molar-refractivity contribution >= 4 is 16.8 Å². The summed E-state index contributed by atoms with van der Waals surface area (Å²) in [6.07, 6.45) is 6.02. The third kappa shape index (κ3) is 4.78. The Bertz CT molecular complexity index is 1110. The molecule has 31 heavy (non-hydrogen) atoms. The molecule has 1 saturated carbocycles. The molecule has 1 aromatic carbocycles. The van der Waals surface area contributed by atoms with Gasteiger partial charge in [-0.25, -0.2) is 24.3 Å². The van der Waals surface area contributed by atoms with E-state index in [1.807, 2.05) is 6.92 Å². The number of rotatable bonds is 5. The van der Waals surface area contributed by atoms with Crippen molar-refractivity contribution in [2.24, 2.45) is 5.92 Å². The van der Waals surface area contributed by atoms with Crippen LogP contribution in [0.2, 0.25) is 0 Å². The lowest BCUT2D eigenvalue weighted by Gasteiger charge is -2.29. The van der Waals surface area contributed by atoms with Gasteiger partial charge in [-0.3, -0.25) is 4.79 Å². The number of aryl methyl sites for hydroxylation is 2. The Kier molecular flexibility index (Phi) is 6.06. The summed E-state index contributed by atoms with van der Waals surface area (Å²) in [4.78, 5) is 29.3. The van der Waals surface area contributed by atoms with Gasteiger partial charge in [0, 0.05) is 31.8 Å². The Labute approximate surface area is 180 Å². The first-order valence-corrected chi connectivity index (χ1v) is 10.6. The van der Waals surface area contributed by atoms with Crippen LogP contribution in [0, 0.1) is 25.6 Å². The van der Waals surface area contributed by atoms with Crippen LogP contribution in [0.1, 0.15) is 53.5 Å². The topological polar surface area (TPSA) is 89.9 Å². The van der Waals surface area contributed by atoms with Crippen LogP contribution < -0.4 is 10.1 Å². The number of carbonyl (C=O) groups excluding carboxylic acids is 1. The molecule has 0 spiro atoms. The number of carbonyl (C=O) groups is 1. The molecule has 0 aliphatic heterocycles. The number of aromatic nitrogens is 4. The van der Waals surface area contributed by atoms with Gasteiger partial charge in [0.15, 0.2) is 0 Å².